The molecule has 2 heterocycles. The van der Waals surface area contributed by atoms with Gasteiger partial charge >= 0.3 is 6.09 Å². The van der Waals surface area contributed by atoms with Crippen molar-refractivity contribution in [1.82, 2.24) is 15.4 Å². The molecule has 1 aliphatic rings. The van der Waals surface area contributed by atoms with E-state index >= 15 is 0 Å². The van der Waals surface area contributed by atoms with Crippen LogP contribution in [0.15, 0.2) is 43.2 Å². The minimum atomic E-state index is -1.36. The molecule has 1 unspecified atom stereocenters. The van der Waals surface area contributed by atoms with Crippen molar-refractivity contribution in [2.75, 3.05) is 4.90 Å². The highest BCUT2D eigenvalue weighted by atomic mass is 35.5. The lowest BCUT2D eigenvalue weighted by Gasteiger charge is -2.15. The van der Waals surface area contributed by atoms with Gasteiger partial charge in [-0.05, 0) is 31.2 Å². The molecule has 0 radical (unpaired) electrons. The first-order valence-electron chi connectivity index (χ1n) is 6.34. The topological polar surface area (TPSA) is 88.2 Å². The normalized spacial score (nSPS) is 19.9. The Bertz CT molecular complexity index is 698. The maximum atomic E-state index is 12.1. The zero-order chi connectivity index (χ0) is 17.0. The van der Waals surface area contributed by atoms with Gasteiger partial charge in [-0.1, -0.05) is 29.8 Å². The highest BCUT2D eigenvalue weighted by Crippen LogP contribution is 2.33. The number of amides is 2. The number of aromatic nitrogens is 3. The van der Waals surface area contributed by atoms with Gasteiger partial charge in [-0.15, -0.1) is 0 Å². The molecule has 1 aromatic carbocycles. The largest absolute Gasteiger partial charge is 0.428 e. The van der Waals surface area contributed by atoms with Gasteiger partial charge in [-0.25, -0.2) is 9.69 Å². The Labute approximate surface area is 141 Å². The zero-order valence-corrected chi connectivity index (χ0v) is 13.5. The fourth-order valence-electron chi connectivity index (χ4n) is 1.76. The molecule has 7 nitrogen and oxygen atoms in total. The fourth-order valence-corrected chi connectivity index (χ4v) is 2.28. The van der Waals surface area contributed by atoms with Gasteiger partial charge in [0.15, 0.2) is 0 Å². The van der Waals surface area contributed by atoms with Gasteiger partial charge in [-0.2, -0.15) is 15.4 Å². The third-order valence-corrected chi connectivity index (χ3v) is 3.37. The van der Waals surface area contributed by atoms with Crippen LogP contribution in [0.3, 0.4) is 0 Å². The van der Waals surface area contributed by atoms with E-state index in [1.54, 1.807) is 12.4 Å². The van der Waals surface area contributed by atoms with Crippen LogP contribution in [0.1, 0.15) is 6.92 Å². The van der Waals surface area contributed by atoms with Crippen LogP contribution >= 0.6 is 23.2 Å². The van der Waals surface area contributed by atoms with Crippen molar-refractivity contribution in [3.63, 3.8) is 0 Å². The molecule has 1 fully saturated rings. The van der Waals surface area contributed by atoms with E-state index < -0.39 is 17.6 Å². The Morgan fingerprint density at radius 2 is 1.78 bits per heavy atom. The van der Waals surface area contributed by atoms with Crippen molar-refractivity contribution in [2.24, 2.45) is 0 Å². The standard InChI is InChI=1S/C12H9Cl2NO3.C2H3N3/c1-3-12(2)10(16)15(11(17)18-12)9-5-7(13)4-8(14)6-9;1-2-4-5-3-1/h3-6H,1H2,2H3;1-2H,(H,3,4,5). The van der Waals surface area contributed by atoms with E-state index in [1.807, 2.05) is 0 Å². The summed E-state index contributed by atoms with van der Waals surface area (Å²) >= 11 is 11.7. The van der Waals surface area contributed by atoms with E-state index in [2.05, 4.69) is 22.0 Å². The second-order valence-corrected chi connectivity index (χ2v) is 5.48. The van der Waals surface area contributed by atoms with Gasteiger partial charge in [0.2, 0.25) is 5.60 Å². The first kappa shape index (κ1) is 17.0. The van der Waals surface area contributed by atoms with Crippen molar-refractivity contribution in [1.29, 1.82) is 0 Å². The average Bonchev–Trinajstić information content (AvgIpc) is 3.11. The van der Waals surface area contributed by atoms with Gasteiger partial charge in [0.25, 0.3) is 5.91 Å². The maximum absolute atomic E-state index is 12.1. The fraction of sp³-hybridized carbons (Fsp3) is 0.143. The quantitative estimate of drug-likeness (QED) is 0.836. The molecule has 1 aliphatic heterocycles. The lowest BCUT2D eigenvalue weighted by atomic mass is 10.1. The predicted molar refractivity (Wildman–Crippen MR) is 85.4 cm³/mol. The lowest BCUT2D eigenvalue weighted by molar-refractivity contribution is -0.125. The molecule has 1 aromatic heterocycles. The number of rotatable bonds is 2. The molecule has 2 amide bonds. The van der Waals surface area contributed by atoms with E-state index in [1.165, 1.54) is 31.2 Å². The van der Waals surface area contributed by atoms with Gasteiger partial charge < -0.3 is 4.74 Å². The highest BCUT2D eigenvalue weighted by molar-refractivity contribution is 6.35. The number of H-pyrrole nitrogens is 1. The lowest BCUT2D eigenvalue weighted by Crippen LogP contribution is -2.37. The first-order valence-corrected chi connectivity index (χ1v) is 7.10. The molecule has 3 rings (SSSR count). The van der Waals surface area contributed by atoms with Crippen LogP contribution in [-0.4, -0.2) is 33.0 Å². The highest BCUT2D eigenvalue weighted by Gasteiger charge is 2.49. The number of hydrogen-bond acceptors (Lipinski definition) is 5. The monoisotopic (exact) mass is 354 g/mol. The van der Waals surface area contributed by atoms with E-state index in [9.17, 15) is 9.59 Å². The van der Waals surface area contributed by atoms with Crippen LogP contribution in [0.25, 0.3) is 0 Å². The number of imide groups is 1. The summed E-state index contributed by atoms with van der Waals surface area (Å²) in [4.78, 5) is 24.7. The summed E-state index contributed by atoms with van der Waals surface area (Å²) in [6, 6.07) is 4.42. The predicted octanol–water partition coefficient (Wildman–Crippen LogP) is 3.23. The summed E-state index contributed by atoms with van der Waals surface area (Å²) in [5, 5.41) is 9.98. The van der Waals surface area contributed by atoms with Crippen LogP contribution in [-0.2, 0) is 9.53 Å². The second-order valence-electron chi connectivity index (χ2n) is 4.60. The number of ether oxygens (including phenoxy) is 1. The van der Waals surface area contributed by atoms with Crippen molar-refractivity contribution in [2.45, 2.75) is 12.5 Å². The molecule has 23 heavy (non-hydrogen) atoms. The molecular weight excluding hydrogens is 343 g/mol. The minimum Gasteiger partial charge on any atom is -0.428 e. The van der Waals surface area contributed by atoms with Gasteiger partial charge in [0.1, 0.15) is 0 Å². The van der Waals surface area contributed by atoms with Gasteiger partial charge in [-0.3, -0.25) is 4.79 Å². The van der Waals surface area contributed by atoms with Gasteiger partial charge in [0.05, 0.1) is 18.1 Å². The van der Waals surface area contributed by atoms with Crippen LogP contribution in [0, 0.1) is 0 Å². The molecule has 2 aromatic rings. The number of carbonyl (C=O) groups excluding carboxylic acids is 2. The SMILES string of the molecule is C=CC1(C)OC(=O)N(c2cc(Cl)cc(Cl)c2)C1=O.c1cn[nH]n1. The zero-order valence-electron chi connectivity index (χ0n) is 12.0. The average molecular weight is 355 g/mol. The smallest absolute Gasteiger partial charge is 0.422 e. The molecule has 0 aliphatic carbocycles. The number of benzene rings is 1. The van der Waals surface area contributed by atoms with Crippen molar-refractivity contribution in [3.8, 4) is 0 Å². The number of halogens is 2. The third-order valence-electron chi connectivity index (χ3n) is 2.94. The van der Waals surface area contributed by atoms with Gasteiger partial charge in [0, 0.05) is 10.0 Å². The number of nitrogens with one attached hydrogen (secondary N) is 1. The van der Waals surface area contributed by atoms with Crippen molar-refractivity contribution in [3.05, 3.63) is 53.3 Å². The number of cyclic esters (lactones) is 1. The minimum absolute atomic E-state index is 0.271. The summed E-state index contributed by atoms with van der Waals surface area (Å²) in [7, 11) is 0. The molecule has 0 saturated carbocycles. The van der Waals surface area contributed by atoms with E-state index in [4.69, 9.17) is 27.9 Å². The molecule has 0 bridgehead atoms. The Morgan fingerprint density at radius 3 is 2.17 bits per heavy atom. The van der Waals surface area contributed by atoms with E-state index in [-0.39, 0.29) is 5.69 Å². The summed E-state index contributed by atoms with van der Waals surface area (Å²) in [5.74, 6) is -0.527. The molecule has 1 N–H and O–H groups in total. The Morgan fingerprint density at radius 1 is 1.22 bits per heavy atom. The van der Waals surface area contributed by atoms with E-state index in [0.717, 1.165) is 4.90 Å². The summed E-state index contributed by atoms with van der Waals surface area (Å²) < 4.78 is 4.99. The number of nitrogens with zero attached hydrogens (tertiary/aromatic N) is 3. The molecular formula is C14H12Cl2N4O3. The van der Waals surface area contributed by atoms with Crippen molar-refractivity contribution < 1.29 is 14.3 Å². The molecule has 9 heteroatoms. The number of anilines is 1. The van der Waals surface area contributed by atoms with Crippen LogP contribution in [0.2, 0.25) is 10.0 Å². The Hall–Kier alpha value is -2.38. The van der Waals surface area contributed by atoms with Crippen LogP contribution < -0.4 is 4.90 Å². The first-order chi connectivity index (χ1) is 10.9. The number of carbonyl (C=O) groups is 2. The van der Waals surface area contributed by atoms with Crippen LogP contribution in [0.5, 0.6) is 0 Å². The maximum Gasteiger partial charge on any atom is 0.422 e. The summed E-state index contributed by atoms with van der Waals surface area (Å²) in [6.07, 6.45) is 3.67. The third kappa shape index (κ3) is 3.69. The molecule has 1 saturated heterocycles. The van der Waals surface area contributed by atoms with Crippen LogP contribution in [0.4, 0.5) is 10.5 Å². The number of hydrogen-bond donors (Lipinski definition) is 1. The Kier molecular flexibility index (Phi) is 5.02. The second kappa shape index (κ2) is 6.80. The molecule has 1 atom stereocenters. The van der Waals surface area contributed by atoms with E-state index in [0.29, 0.717) is 10.0 Å². The summed E-state index contributed by atoms with van der Waals surface area (Å²) in [6.45, 7) is 4.95. The summed E-state index contributed by atoms with van der Waals surface area (Å²) in [5.41, 5.74) is -1.08. The van der Waals surface area contributed by atoms with Crippen molar-refractivity contribution >= 4 is 40.9 Å². The number of aromatic amines is 1. The molecule has 0 spiro atoms. The molecule has 120 valence electrons. The Balaban J connectivity index is 0.000000326.